The Morgan fingerprint density at radius 1 is 1.44 bits per heavy atom. The first kappa shape index (κ1) is 13.3. The largest absolute Gasteiger partial charge is 0.377 e. The molecule has 5 heteroatoms. The van der Waals surface area contributed by atoms with Gasteiger partial charge in [-0.1, -0.05) is 0 Å². The van der Waals surface area contributed by atoms with Crippen LogP contribution in [-0.2, 0) is 14.3 Å². The molecule has 1 aliphatic heterocycles. The van der Waals surface area contributed by atoms with Gasteiger partial charge in [0.1, 0.15) is 5.54 Å². The number of ether oxygens (including phenoxy) is 1. The summed E-state index contributed by atoms with van der Waals surface area (Å²) in [5.41, 5.74) is -1.14. The highest BCUT2D eigenvalue weighted by molar-refractivity contribution is 5.98. The van der Waals surface area contributed by atoms with E-state index in [4.69, 9.17) is 4.74 Å². The van der Waals surface area contributed by atoms with Gasteiger partial charge in [-0.25, -0.2) is 0 Å². The maximum atomic E-state index is 12.5. The number of hydrogen-bond acceptors (Lipinski definition) is 3. The fourth-order valence-electron chi connectivity index (χ4n) is 2.55. The minimum Gasteiger partial charge on any atom is -0.377 e. The SMILES string of the molecule is COC(C)(C)CN1CC(=O)NC(C)(C2CC2)C1=O. The number of carbonyl (C=O) groups is 2. The Hall–Kier alpha value is -1.10. The van der Waals surface area contributed by atoms with E-state index in [-0.39, 0.29) is 18.4 Å². The van der Waals surface area contributed by atoms with Crippen molar-refractivity contribution in [3.8, 4) is 0 Å². The van der Waals surface area contributed by atoms with Crippen LogP contribution >= 0.6 is 0 Å². The van der Waals surface area contributed by atoms with Crippen LogP contribution in [0.1, 0.15) is 33.6 Å². The highest BCUT2D eigenvalue weighted by atomic mass is 16.5. The number of nitrogens with one attached hydrogen (secondary N) is 1. The molecular weight excluding hydrogens is 232 g/mol. The van der Waals surface area contributed by atoms with Crippen LogP contribution in [0.3, 0.4) is 0 Å². The van der Waals surface area contributed by atoms with Crippen LogP contribution in [0, 0.1) is 5.92 Å². The van der Waals surface area contributed by atoms with Crippen molar-refractivity contribution in [3.63, 3.8) is 0 Å². The maximum Gasteiger partial charge on any atom is 0.248 e. The lowest BCUT2D eigenvalue weighted by atomic mass is 9.91. The zero-order valence-electron chi connectivity index (χ0n) is 11.6. The lowest BCUT2D eigenvalue weighted by Crippen LogP contribution is -2.67. The first-order valence-electron chi connectivity index (χ1n) is 6.44. The number of carbonyl (C=O) groups excluding carboxylic acids is 2. The zero-order chi connectivity index (χ0) is 13.6. The van der Waals surface area contributed by atoms with Gasteiger partial charge in [0.15, 0.2) is 0 Å². The average Bonchev–Trinajstić information content (AvgIpc) is 3.09. The molecule has 2 rings (SSSR count). The molecule has 0 spiro atoms. The highest BCUT2D eigenvalue weighted by Gasteiger charge is 2.53. The summed E-state index contributed by atoms with van der Waals surface area (Å²) in [6.45, 7) is 6.26. The van der Waals surface area contributed by atoms with Crippen LogP contribution in [0.25, 0.3) is 0 Å². The quantitative estimate of drug-likeness (QED) is 0.796. The summed E-state index contributed by atoms with van der Waals surface area (Å²) in [5.74, 6) is 0.244. The van der Waals surface area contributed by atoms with Crippen LogP contribution in [0.2, 0.25) is 0 Å². The molecule has 1 heterocycles. The topological polar surface area (TPSA) is 58.6 Å². The Kier molecular flexibility index (Phi) is 3.13. The summed E-state index contributed by atoms with van der Waals surface area (Å²) in [6.07, 6.45) is 2.04. The number of rotatable bonds is 4. The lowest BCUT2D eigenvalue weighted by molar-refractivity contribution is -0.153. The maximum absolute atomic E-state index is 12.5. The summed E-state index contributed by atoms with van der Waals surface area (Å²) in [5, 5.41) is 2.87. The molecule has 1 unspecified atom stereocenters. The summed E-state index contributed by atoms with van der Waals surface area (Å²) in [4.78, 5) is 25.9. The van der Waals surface area contributed by atoms with Crippen LogP contribution in [0.15, 0.2) is 0 Å². The molecule has 1 saturated carbocycles. The summed E-state index contributed by atoms with van der Waals surface area (Å²) in [6, 6.07) is 0. The standard InChI is InChI=1S/C13H22N2O3/c1-12(2,18-4)8-15-7-10(16)14-13(3,11(15)17)9-5-6-9/h9H,5-8H2,1-4H3,(H,14,16). The molecule has 2 amide bonds. The van der Waals surface area contributed by atoms with E-state index in [1.165, 1.54) is 0 Å². The van der Waals surface area contributed by atoms with Gasteiger partial charge in [-0.3, -0.25) is 9.59 Å². The Bertz CT molecular complexity index is 376. The smallest absolute Gasteiger partial charge is 0.248 e. The molecule has 102 valence electrons. The van der Waals surface area contributed by atoms with Crippen molar-refractivity contribution in [2.24, 2.45) is 5.92 Å². The summed E-state index contributed by atoms with van der Waals surface area (Å²) >= 11 is 0. The average molecular weight is 254 g/mol. The van der Waals surface area contributed by atoms with Gasteiger partial charge in [0.05, 0.1) is 12.1 Å². The molecule has 0 radical (unpaired) electrons. The Balaban J connectivity index is 2.15. The van der Waals surface area contributed by atoms with Crippen LogP contribution < -0.4 is 5.32 Å². The number of amides is 2. The molecule has 18 heavy (non-hydrogen) atoms. The van der Waals surface area contributed by atoms with Gasteiger partial charge in [0.25, 0.3) is 0 Å². The molecule has 2 fully saturated rings. The molecule has 1 atom stereocenters. The highest BCUT2D eigenvalue weighted by Crippen LogP contribution is 2.41. The van der Waals surface area contributed by atoms with Crippen molar-refractivity contribution in [2.75, 3.05) is 20.2 Å². The fourth-order valence-corrected chi connectivity index (χ4v) is 2.55. The fraction of sp³-hybridized carbons (Fsp3) is 0.846. The molecule has 0 bridgehead atoms. The van der Waals surface area contributed by atoms with E-state index in [0.717, 1.165) is 12.8 Å². The van der Waals surface area contributed by atoms with Gasteiger partial charge in [-0.2, -0.15) is 0 Å². The Morgan fingerprint density at radius 3 is 2.56 bits per heavy atom. The summed E-state index contributed by atoms with van der Waals surface area (Å²) in [7, 11) is 1.62. The molecule has 5 nitrogen and oxygen atoms in total. The van der Waals surface area contributed by atoms with Gasteiger partial charge in [0.2, 0.25) is 11.8 Å². The predicted octanol–water partition coefficient (Wildman–Crippen LogP) is 0.538. The van der Waals surface area contributed by atoms with E-state index in [2.05, 4.69) is 5.32 Å². The molecule has 0 aromatic carbocycles. The molecule has 0 aromatic heterocycles. The second-order valence-corrected chi connectivity index (χ2v) is 6.15. The van der Waals surface area contributed by atoms with E-state index < -0.39 is 11.1 Å². The van der Waals surface area contributed by atoms with Crippen molar-refractivity contribution >= 4 is 11.8 Å². The van der Waals surface area contributed by atoms with Gasteiger partial charge in [-0.05, 0) is 39.5 Å². The van der Waals surface area contributed by atoms with Crippen LogP contribution in [-0.4, -0.2) is 48.1 Å². The van der Waals surface area contributed by atoms with Gasteiger partial charge < -0.3 is 15.0 Å². The normalized spacial score (nSPS) is 29.4. The van der Waals surface area contributed by atoms with E-state index in [1.54, 1.807) is 12.0 Å². The third-order valence-corrected chi connectivity index (χ3v) is 3.98. The van der Waals surface area contributed by atoms with E-state index in [0.29, 0.717) is 12.5 Å². The van der Waals surface area contributed by atoms with E-state index in [9.17, 15) is 9.59 Å². The van der Waals surface area contributed by atoms with Crippen molar-refractivity contribution in [1.82, 2.24) is 10.2 Å². The molecular formula is C13H22N2O3. The molecule has 2 aliphatic rings. The molecule has 1 saturated heterocycles. The van der Waals surface area contributed by atoms with Gasteiger partial charge in [-0.15, -0.1) is 0 Å². The second-order valence-electron chi connectivity index (χ2n) is 6.15. The van der Waals surface area contributed by atoms with Crippen molar-refractivity contribution in [2.45, 2.75) is 44.8 Å². The third-order valence-electron chi connectivity index (χ3n) is 3.98. The molecule has 1 aliphatic carbocycles. The number of hydrogen-bond donors (Lipinski definition) is 1. The molecule has 0 aromatic rings. The predicted molar refractivity (Wildman–Crippen MR) is 66.9 cm³/mol. The third kappa shape index (κ3) is 2.36. The lowest BCUT2D eigenvalue weighted by Gasteiger charge is -2.42. The van der Waals surface area contributed by atoms with Crippen LogP contribution in [0.5, 0.6) is 0 Å². The minimum atomic E-state index is -0.709. The minimum absolute atomic E-state index is 0.0229. The van der Waals surface area contributed by atoms with Crippen molar-refractivity contribution in [3.05, 3.63) is 0 Å². The number of nitrogens with zero attached hydrogens (tertiary/aromatic N) is 1. The molecule has 1 N–H and O–H groups in total. The van der Waals surface area contributed by atoms with E-state index in [1.807, 2.05) is 20.8 Å². The first-order chi connectivity index (χ1) is 8.28. The van der Waals surface area contributed by atoms with Crippen molar-refractivity contribution < 1.29 is 14.3 Å². The summed E-state index contributed by atoms with van der Waals surface area (Å²) < 4.78 is 5.34. The number of piperazine rings is 1. The Morgan fingerprint density at radius 2 is 2.06 bits per heavy atom. The van der Waals surface area contributed by atoms with Crippen molar-refractivity contribution in [1.29, 1.82) is 0 Å². The zero-order valence-corrected chi connectivity index (χ0v) is 11.6. The van der Waals surface area contributed by atoms with Gasteiger partial charge >= 0.3 is 0 Å². The second kappa shape index (κ2) is 4.23. The first-order valence-corrected chi connectivity index (χ1v) is 6.44. The van der Waals surface area contributed by atoms with Gasteiger partial charge in [0, 0.05) is 13.7 Å². The monoisotopic (exact) mass is 254 g/mol. The van der Waals surface area contributed by atoms with Crippen LogP contribution in [0.4, 0.5) is 0 Å². The Labute approximate surface area is 108 Å². The van der Waals surface area contributed by atoms with E-state index >= 15 is 0 Å². The number of methoxy groups -OCH3 is 1.